The number of ether oxygens (including phenoxy) is 1. The predicted molar refractivity (Wildman–Crippen MR) is 81.5 cm³/mol. The first kappa shape index (κ1) is 13.6. The molecule has 4 nitrogen and oxygen atoms in total. The Morgan fingerprint density at radius 2 is 2.05 bits per heavy atom. The number of amides is 1. The highest BCUT2D eigenvalue weighted by molar-refractivity contribution is 6.01. The van der Waals surface area contributed by atoms with Gasteiger partial charge in [0.15, 0.2) is 0 Å². The van der Waals surface area contributed by atoms with Crippen molar-refractivity contribution >= 4 is 11.6 Å². The maximum Gasteiger partial charge on any atom is 0.235 e. The topological polar surface area (TPSA) is 51.2 Å². The van der Waals surface area contributed by atoms with Crippen LogP contribution >= 0.6 is 0 Å². The third-order valence-electron chi connectivity index (χ3n) is 3.96. The molecule has 1 aliphatic carbocycles. The summed E-state index contributed by atoms with van der Waals surface area (Å²) in [6.07, 6.45) is 3.40. The van der Waals surface area contributed by atoms with E-state index in [-0.39, 0.29) is 5.91 Å². The lowest BCUT2D eigenvalue weighted by Crippen LogP contribution is -2.28. The van der Waals surface area contributed by atoms with Crippen LogP contribution in [0, 0.1) is 6.92 Å². The average molecular weight is 282 g/mol. The van der Waals surface area contributed by atoms with Crippen LogP contribution in [0.1, 0.15) is 24.1 Å². The van der Waals surface area contributed by atoms with Gasteiger partial charge in [-0.15, -0.1) is 0 Å². The fourth-order valence-corrected chi connectivity index (χ4v) is 2.66. The Morgan fingerprint density at radius 1 is 1.29 bits per heavy atom. The molecule has 1 heterocycles. The standard InChI is InChI=1S/C17H18N2O2/c1-12-11-13(7-10-18-12)19-16(20)17(8-9-17)14-5-3-4-6-15(14)21-2/h3-7,10-11H,8-9H2,1-2H3,(H,18,19,20). The van der Waals surface area contributed by atoms with Crippen LogP contribution in [0.4, 0.5) is 5.69 Å². The lowest BCUT2D eigenvalue weighted by molar-refractivity contribution is -0.118. The third kappa shape index (κ3) is 2.49. The summed E-state index contributed by atoms with van der Waals surface area (Å²) in [5.41, 5.74) is 2.18. The van der Waals surface area contributed by atoms with Gasteiger partial charge in [0.2, 0.25) is 5.91 Å². The second-order valence-electron chi connectivity index (χ2n) is 5.42. The Bertz CT molecular complexity index is 678. The van der Waals surface area contributed by atoms with E-state index >= 15 is 0 Å². The third-order valence-corrected chi connectivity index (χ3v) is 3.96. The number of aryl methyl sites for hydroxylation is 1. The van der Waals surface area contributed by atoms with Crippen LogP contribution in [-0.2, 0) is 10.2 Å². The molecular formula is C17H18N2O2. The van der Waals surface area contributed by atoms with Gasteiger partial charge in [0.05, 0.1) is 12.5 Å². The van der Waals surface area contributed by atoms with Crippen LogP contribution in [0.5, 0.6) is 5.75 Å². The number of aromatic nitrogens is 1. The van der Waals surface area contributed by atoms with E-state index in [1.165, 1.54) is 0 Å². The van der Waals surface area contributed by atoms with E-state index in [1.807, 2.05) is 43.3 Å². The van der Waals surface area contributed by atoms with Crippen LogP contribution in [0.3, 0.4) is 0 Å². The Kier molecular flexibility index (Phi) is 3.37. The normalized spacial score (nSPS) is 15.3. The molecule has 1 aromatic carbocycles. The number of carbonyl (C=O) groups is 1. The number of hydrogen-bond donors (Lipinski definition) is 1. The van der Waals surface area contributed by atoms with Crippen molar-refractivity contribution in [2.24, 2.45) is 0 Å². The summed E-state index contributed by atoms with van der Waals surface area (Å²) in [5.74, 6) is 0.800. The molecule has 2 aromatic rings. The van der Waals surface area contributed by atoms with Crippen molar-refractivity contribution in [3.63, 3.8) is 0 Å². The maximum atomic E-state index is 12.7. The van der Waals surface area contributed by atoms with Gasteiger partial charge in [-0.2, -0.15) is 0 Å². The lowest BCUT2D eigenvalue weighted by Gasteiger charge is -2.18. The predicted octanol–water partition coefficient (Wildman–Crippen LogP) is 3.07. The van der Waals surface area contributed by atoms with E-state index in [0.717, 1.165) is 35.5 Å². The van der Waals surface area contributed by atoms with Gasteiger partial charge in [-0.1, -0.05) is 18.2 Å². The lowest BCUT2D eigenvalue weighted by atomic mass is 9.94. The van der Waals surface area contributed by atoms with E-state index in [0.29, 0.717) is 0 Å². The minimum atomic E-state index is -0.455. The smallest absolute Gasteiger partial charge is 0.235 e. The highest BCUT2D eigenvalue weighted by atomic mass is 16.5. The second-order valence-corrected chi connectivity index (χ2v) is 5.42. The first-order chi connectivity index (χ1) is 10.2. The summed E-state index contributed by atoms with van der Waals surface area (Å²) in [6, 6.07) is 11.4. The molecule has 1 fully saturated rings. The summed E-state index contributed by atoms with van der Waals surface area (Å²) in [6.45, 7) is 1.91. The Morgan fingerprint density at radius 3 is 2.71 bits per heavy atom. The number of para-hydroxylation sites is 1. The Hall–Kier alpha value is -2.36. The zero-order valence-corrected chi connectivity index (χ0v) is 12.2. The molecule has 1 amide bonds. The molecule has 0 saturated heterocycles. The fraction of sp³-hybridized carbons (Fsp3) is 0.294. The zero-order valence-electron chi connectivity index (χ0n) is 12.2. The van der Waals surface area contributed by atoms with Gasteiger partial charge < -0.3 is 10.1 Å². The molecule has 108 valence electrons. The van der Waals surface area contributed by atoms with E-state index in [2.05, 4.69) is 10.3 Å². The Labute approximate surface area is 124 Å². The summed E-state index contributed by atoms with van der Waals surface area (Å²) >= 11 is 0. The van der Waals surface area contributed by atoms with Crippen molar-refractivity contribution in [3.05, 3.63) is 53.9 Å². The van der Waals surface area contributed by atoms with Gasteiger partial charge in [0.1, 0.15) is 5.75 Å². The molecule has 1 aromatic heterocycles. The number of carbonyl (C=O) groups excluding carboxylic acids is 1. The largest absolute Gasteiger partial charge is 0.496 e. The highest BCUT2D eigenvalue weighted by Gasteiger charge is 2.52. The number of anilines is 1. The van der Waals surface area contributed by atoms with Gasteiger partial charge >= 0.3 is 0 Å². The van der Waals surface area contributed by atoms with Crippen LogP contribution in [0.25, 0.3) is 0 Å². The SMILES string of the molecule is COc1ccccc1C1(C(=O)Nc2ccnc(C)c2)CC1. The van der Waals surface area contributed by atoms with E-state index < -0.39 is 5.41 Å². The number of pyridine rings is 1. The monoisotopic (exact) mass is 282 g/mol. The minimum absolute atomic E-state index is 0.0256. The van der Waals surface area contributed by atoms with Gasteiger partial charge in [-0.25, -0.2) is 0 Å². The van der Waals surface area contributed by atoms with Crippen molar-refractivity contribution in [1.29, 1.82) is 0 Å². The first-order valence-electron chi connectivity index (χ1n) is 7.03. The van der Waals surface area contributed by atoms with E-state index in [4.69, 9.17) is 4.74 Å². The van der Waals surface area contributed by atoms with Gasteiger partial charge in [-0.05, 0) is 38.0 Å². The molecule has 0 atom stereocenters. The molecule has 0 aliphatic heterocycles. The summed E-state index contributed by atoms with van der Waals surface area (Å²) in [7, 11) is 1.64. The molecular weight excluding hydrogens is 264 g/mol. The number of benzene rings is 1. The van der Waals surface area contributed by atoms with Crippen LogP contribution < -0.4 is 10.1 Å². The number of hydrogen-bond acceptors (Lipinski definition) is 3. The number of rotatable bonds is 4. The number of nitrogens with zero attached hydrogens (tertiary/aromatic N) is 1. The molecule has 3 rings (SSSR count). The van der Waals surface area contributed by atoms with Crippen molar-refractivity contribution in [3.8, 4) is 5.75 Å². The van der Waals surface area contributed by atoms with Gasteiger partial charge in [0, 0.05) is 23.1 Å². The molecule has 0 spiro atoms. The number of nitrogens with one attached hydrogen (secondary N) is 1. The van der Waals surface area contributed by atoms with Crippen molar-refractivity contribution in [2.45, 2.75) is 25.2 Å². The molecule has 4 heteroatoms. The Balaban J connectivity index is 1.87. The molecule has 21 heavy (non-hydrogen) atoms. The second kappa shape index (κ2) is 5.20. The maximum absolute atomic E-state index is 12.7. The minimum Gasteiger partial charge on any atom is -0.496 e. The van der Waals surface area contributed by atoms with Crippen LogP contribution in [-0.4, -0.2) is 18.0 Å². The molecule has 1 aliphatic rings. The molecule has 1 N–H and O–H groups in total. The van der Waals surface area contributed by atoms with Crippen molar-refractivity contribution < 1.29 is 9.53 Å². The highest BCUT2D eigenvalue weighted by Crippen LogP contribution is 2.51. The van der Waals surface area contributed by atoms with Crippen molar-refractivity contribution in [2.75, 3.05) is 12.4 Å². The summed E-state index contributed by atoms with van der Waals surface area (Å²) in [5, 5.41) is 3.00. The van der Waals surface area contributed by atoms with E-state index in [9.17, 15) is 4.79 Å². The van der Waals surface area contributed by atoms with Crippen LogP contribution in [0.2, 0.25) is 0 Å². The molecule has 0 unspecified atom stereocenters. The first-order valence-corrected chi connectivity index (χ1v) is 7.03. The summed E-state index contributed by atoms with van der Waals surface area (Å²) in [4.78, 5) is 16.8. The molecule has 0 radical (unpaired) electrons. The van der Waals surface area contributed by atoms with Crippen LogP contribution in [0.15, 0.2) is 42.6 Å². The zero-order chi connectivity index (χ0) is 14.9. The van der Waals surface area contributed by atoms with E-state index in [1.54, 1.807) is 13.3 Å². The number of methoxy groups -OCH3 is 1. The van der Waals surface area contributed by atoms with Gasteiger partial charge in [-0.3, -0.25) is 9.78 Å². The van der Waals surface area contributed by atoms with Crippen molar-refractivity contribution in [1.82, 2.24) is 4.98 Å². The molecule has 0 bridgehead atoms. The quantitative estimate of drug-likeness (QED) is 0.937. The summed E-state index contributed by atoms with van der Waals surface area (Å²) < 4.78 is 5.40. The average Bonchev–Trinajstić information content (AvgIpc) is 3.29. The molecule has 1 saturated carbocycles. The van der Waals surface area contributed by atoms with Gasteiger partial charge in [0.25, 0.3) is 0 Å². The fourth-order valence-electron chi connectivity index (χ4n) is 2.66.